The van der Waals surface area contributed by atoms with Crippen LogP contribution in [0.15, 0.2) is 18.3 Å². The van der Waals surface area contributed by atoms with Crippen LogP contribution in [0.5, 0.6) is 0 Å². The van der Waals surface area contributed by atoms with E-state index in [1.165, 1.54) is 13.1 Å². The molecule has 3 rings (SSSR count). The molecule has 1 heterocycles. The minimum absolute atomic E-state index is 0.0605. The van der Waals surface area contributed by atoms with Crippen LogP contribution in [0.3, 0.4) is 0 Å². The summed E-state index contributed by atoms with van der Waals surface area (Å²) in [6.07, 6.45) is 2.26. The molecule has 5 nitrogen and oxygen atoms in total. The molecule has 1 aliphatic rings. The Kier molecular flexibility index (Phi) is 4.40. The molecule has 24 heavy (non-hydrogen) atoms. The van der Waals surface area contributed by atoms with Gasteiger partial charge < -0.3 is 19.6 Å². The largest absolute Gasteiger partial charge is 0.465 e. The number of amides is 1. The Morgan fingerprint density at radius 3 is 2.96 bits per heavy atom. The summed E-state index contributed by atoms with van der Waals surface area (Å²) in [7, 11) is 1.48. The van der Waals surface area contributed by atoms with E-state index >= 15 is 0 Å². The van der Waals surface area contributed by atoms with Crippen LogP contribution in [0.2, 0.25) is 0 Å². The molecule has 2 aromatic rings. The van der Waals surface area contributed by atoms with Gasteiger partial charge in [0, 0.05) is 25.4 Å². The van der Waals surface area contributed by atoms with Crippen molar-refractivity contribution < 1.29 is 18.7 Å². The highest BCUT2D eigenvalue weighted by Crippen LogP contribution is 2.32. The number of aromatic amines is 1. The molecule has 0 spiro atoms. The van der Waals surface area contributed by atoms with Gasteiger partial charge in [-0.1, -0.05) is 0 Å². The van der Waals surface area contributed by atoms with Crippen molar-refractivity contribution in [1.82, 2.24) is 14.5 Å². The van der Waals surface area contributed by atoms with Crippen molar-refractivity contribution in [3.05, 3.63) is 51.6 Å². The number of hydrogen-bond donors (Lipinski definition) is 2. The predicted molar refractivity (Wildman–Crippen MR) is 86.5 cm³/mol. The van der Waals surface area contributed by atoms with Gasteiger partial charge >= 0.3 is 6.09 Å². The average molecular weight is 353 g/mol. The quantitative estimate of drug-likeness (QED) is 0.828. The second-order valence-corrected chi connectivity index (χ2v) is 6.40. The van der Waals surface area contributed by atoms with Crippen molar-refractivity contribution in [3.8, 4) is 0 Å². The number of halogens is 2. The van der Waals surface area contributed by atoms with Gasteiger partial charge in [0.2, 0.25) is 0 Å². The van der Waals surface area contributed by atoms with Crippen LogP contribution in [0.25, 0.3) is 0 Å². The first kappa shape index (κ1) is 16.6. The number of H-pyrrole nitrogens is 1. The van der Waals surface area contributed by atoms with Crippen LogP contribution in [-0.4, -0.2) is 32.7 Å². The van der Waals surface area contributed by atoms with E-state index in [4.69, 9.17) is 17.3 Å². The number of rotatable bonds is 3. The average Bonchev–Trinajstić information content (AvgIpc) is 2.87. The molecule has 1 aliphatic carbocycles. The third-order valence-corrected chi connectivity index (χ3v) is 4.73. The molecule has 0 saturated carbocycles. The van der Waals surface area contributed by atoms with Crippen LogP contribution < -0.4 is 0 Å². The standard InChI is InChI=1S/C16H17F2N3O2S/c1-20(16(22)23)8-12-7-19-15(24)21(12)11-2-3-13-9(5-11)4-10(17)6-14(13)18/h4,6-7,11H,2-3,5,8H2,1H3,(H,19,24)(H,22,23). The normalized spacial score (nSPS) is 16.7. The van der Waals surface area contributed by atoms with Crippen molar-refractivity contribution in [2.75, 3.05) is 7.05 Å². The Balaban J connectivity index is 1.92. The fraction of sp³-hybridized carbons (Fsp3) is 0.375. The Labute approximate surface area is 142 Å². The smallest absolute Gasteiger partial charge is 0.407 e. The number of carboxylic acid groups (broad SMARTS) is 1. The second kappa shape index (κ2) is 6.35. The number of aromatic nitrogens is 2. The molecule has 0 fully saturated rings. The van der Waals surface area contributed by atoms with E-state index in [9.17, 15) is 13.6 Å². The second-order valence-electron chi connectivity index (χ2n) is 6.02. The molecule has 1 unspecified atom stereocenters. The van der Waals surface area contributed by atoms with E-state index in [0.29, 0.717) is 35.2 Å². The Bertz CT molecular complexity index is 846. The van der Waals surface area contributed by atoms with Crippen LogP contribution >= 0.6 is 12.2 Å². The number of nitrogens with one attached hydrogen (secondary N) is 1. The lowest BCUT2D eigenvalue weighted by Crippen LogP contribution is -2.27. The van der Waals surface area contributed by atoms with Gasteiger partial charge in [-0.05, 0) is 48.7 Å². The molecular weight excluding hydrogens is 336 g/mol. The molecule has 0 bridgehead atoms. The van der Waals surface area contributed by atoms with Gasteiger partial charge in [0.25, 0.3) is 0 Å². The third kappa shape index (κ3) is 3.06. The first-order valence-corrected chi connectivity index (χ1v) is 7.97. The lowest BCUT2D eigenvalue weighted by atomic mass is 9.87. The fourth-order valence-corrected chi connectivity index (χ4v) is 3.58. The van der Waals surface area contributed by atoms with E-state index in [-0.39, 0.29) is 12.6 Å². The number of imidazole rings is 1. The Morgan fingerprint density at radius 1 is 1.50 bits per heavy atom. The zero-order valence-electron chi connectivity index (χ0n) is 13.1. The highest BCUT2D eigenvalue weighted by Gasteiger charge is 2.25. The summed E-state index contributed by atoms with van der Waals surface area (Å²) in [6, 6.07) is 2.22. The zero-order chi connectivity index (χ0) is 17.4. The summed E-state index contributed by atoms with van der Waals surface area (Å²) < 4.78 is 29.7. The molecule has 2 N–H and O–H groups in total. The SMILES string of the molecule is CN(Cc1c[nH]c(=S)n1C1CCc2c(F)cc(F)cc2C1)C(=O)O. The summed E-state index contributed by atoms with van der Waals surface area (Å²) in [5, 5.41) is 9.04. The van der Waals surface area contributed by atoms with Crippen molar-refractivity contribution >= 4 is 18.3 Å². The molecular formula is C16H17F2N3O2S. The molecule has 0 radical (unpaired) electrons. The number of hydrogen-bond acceptors (Lipinski definition) is 2. The van der Waals surface area contributed by atoms with Crippen molar-refractivity contribution in [1.29, 1.82) is 0 Å². The molecule has 8 heteroatoms. The maximum atomic E-state index is 13.9. The van der Waals surface area contributed by atoms with Crippen molar-refractivity contribution in [2.45, 2.75) is 31.8 Å². The minimum Gasteiger partial charge on any atom is -0.465 e. The summed E-state index contributed by atoms with van der Waals surface area (Å²) in [5.74, 6) is -1.10. The number of nitrogens with zero attached hydrogens (tertiary/aromatic N) is 2. The third-order valence-electron chi connectivity index (χ3n) is 4.42. The highest BCUT2D eigenvalue weighted by molar-refractivity contribution is 7.71. The monoisotopic (exact) mass is 353 g/mol. The van der Waals surface area contributed by atoms with E-state index in [0.717, 1.165) is 16.7 Å². The summed E-state index contributed by atoms with van der Waals surface area (Å²) >= 11 is 5.32. The van der Waals surface area contributed by atoms with Crippen molar-refractivity contribution in [2.24, 2.45) is 0 Å². The molecule has 128 valence electrons. The Morgan fingerprint density at radius 2 is 2.25 bits per heavy atom. The number of benzene rings is 1. The highest BCUT2D eigenvalue weighted by atomic mass is 32.1. The summed E-state index contributed by atoms with van der Waals surface area (Å²) in [5.41, 5.74) is 1.93. The molecule has 1 amide bonds. The van der Waals surface area contributed by atoms with Gasteiger partial charge in [0.15, 0.2) is 4.77 Å². The predicted octanol–water partition coefficient (Wildman–Crippen LogP) is 3.66. The van der Waals surface area contributed by atoms with Gasteiger partial charge in [-0.3, -0.25) is 0 Å². The van der Waals surface area contributed by atoms with Crippen LogP contribution in [-0.2, 0) is 19.4 Å². The Hall–Kier alpha value is -2.22. The minimum atomic E-state index is -1.04. The van der Waals surface area contributed by atoms with Gasteiger partial charge in [-0.15, -0.1) is 0 Å². The zero-order valence-corrected chi connectivity index (χ0v) is 13.9. The molecule has 0 aliphatic heterocycles. The lowest BCUT2D eigenvalue weighted by molar-refractivity contribution is 0.152. The van der Waals surface area contributed by atoms with Gasteiger partial charge in [-0.2, -0.15) is 0 Å². The van der Waals surface area contributed by atoms with E-state index in [2.05, 4.69) is 4.98 Å². The van der Waals surface area contributed by atoms with Crippen LogP contribution in [0.4, 0.5) is 13.6 Å². The molecule has 0 saturated heterocycles. The molecule has 1 atom stereocenters. The van der Waals surface area contributed by atoms with Crippen molar-refractivity contribution in [3.63, 3.8) is 0 Å². The maximum absolute atomic E-state index is 13.9. The van der Waals surface area contributed by atoms with E-state index in [1.807, 2.05) is 4.57 Å². The molecule has 1 aromatic carbocycles. The van der Waals surface area contributed by atoms with Crippen LogP contribution in [0.1, 0.15) is 29.3 Å². The van der Waals surface area contributed by atoms with Gasteiger partial charge in [0.1, 0.15) is 11.6 Å². The van der Waals surface area contributed by atoms with Crippen LogP contribution in [0, 0.1) is 16.4 Å². The number of fused-ring (bicyclic) bond motifs is 1. The van der Waals surface area contributed by atoms with E-state index < -0.39 is 17.7 Å². The lowest BCUT2D eigenvalue weighted by Gasteiger charge is -2.28. The fourth-order valence-electron chi connectivity index (χ4n) is 3.25. The topological polar surface area (TPSA) is 61.3 Å². The molecule has 1 aromatic heterocycles. The first-order chi connectivity index (χ1) is 11.4. The first-order valence-electron chi connectivity index (χ1n) is 7.56. The van der Waals surface area contributed by atoms with Gasteiger partial charge in [0.05, 0.1) is 12.2 Å². The maximum Gasteiger partial charge on any atom is 0.407 e. The van der Waals surface area contributed by atoms with E-state index in [1.54, 1.807) is 6.20 Å². The summed E-state index contributed by atoms with van der Waals surface area (Å²) in [6.45, 7) is 0.184. The number of carbonyl (C=O) groups is 1. The van der Waals surface area contributed by atoms with Gasteiger partial charge in [-0.25, -0.2) is 13.6 Å². The summed E-state index contributed by atoms with van der Waals surface area (Å²) in [4.78, 5) is 15.1.